The predicted octanol–water partition coefficient (Wildman–Crippen LogP) is 2.47. The molecule has 20 heavy (non-hydrogen) atoms. The van der Waals surface area contributed by atoms with E-state index in [-0.39, 0.29) is 24.0 Å². The molecule has 2 rings (SSSR count). The third-order valence-electron chi connectivity index (χ3n) is 3.24. The molecule has 108 valence electrons. The minimum atomic E-state index is -0.346. The van der Waals surface area contributed by atoms with Gasteiger partial charge in [0.05, 0.1) is 16.8 Å². The van der Waals surface area contributed by atoms with Crippen molar-refractivity contribution in [3.8, 4) is 0 Å². The molecule has 1 unspecified atom stereocenters. The first kappa shape index (κ1) is 14.7. The Morgan fingerprint density at radius 2 is 2.10 bits per heavy atom. The van der Waals surface area contributed by atoms with Crippen molar-refractivity contribution in [3.63, 3.8) is 0 Å². The van der Waals surface area contributed by atoms with E-state index >= 15 is 0 Å². The number of carbonyl (C=O) groups excluding carboxylic acids is 2. The van der Waals surface area contributed by atoms with Crippen LogP contribution in [0.2, 0.25) is 5.02 Å². The van der Waals surface area contributed by atoms with Crippen molar-refractivity contribution in [1.82, 2.24) is 10.2 Å². The Hall–Kier alpha value is -1.75. The second-order valence-corrected chi connectivity index (χ2v) is 5.53. The lowest BCUT2D eigenvalue weighted by Gasteiger charge is -2.21. The summed E-state index contributed by atoms with van der Waals surface area (Å²) in [5.74, 6) is 0.0723. The molecule has 0 radical (unpaired) electrons. The van der Waals surface area contributed by atoms with Crippen LogP contribution in [0.15, 0.2) is 24.3 Å². The standard InChI is InChI=1S/C14H18ClN3O2/c1-9(2)18-8-10(7-13(18)19)16-14(20)17-12-6-4-3-5-11(12)15/h3-6,9-10H,7-8H2,1-2H3,(H2,16,17,20). The van der Waals surface area contributed by atoms with Crippen LogP contribution < -0.4 is 10.6 Å². The molecular weight excluding hydrogens is 278 g/mol. The van der Waals surface area contributed by atoms with Gasteiger partial charge < -0.3 is 15.5 Å². The van der Waals surface area contributed by atoms with Gasteiger partial charge in [0.1, 0.15) is 0 Å². The molecule has 6 heteroatoms. The van der Waals surface area contributed by atoms with Gasteiger partial charge in [0.15, 0.2) is 0 Å². The maximum atomic E-state index is 11.9. The molecule has 1 aliphatic heterocycles. The van der Waals surface area contributed by atoms with Crippen LogP contribution in [-0.4, -0.2) is 35.5 Å². The lowest BCUT2D eigenvalue weighted by atomic mass is 10.2. The summed E-state index contributed by atoms with van der Waals surface area (Å²) >= 11 is 5.97. The largest absolute Gasteiger partial charge is 0.338 e. The number of benzene rings is 1. The number of hydrogen-bond acceptors (Lipinski definition) is 2. The fourth-order valence-corrected chi connectivity index (χ4v) is 2.42. The average Bonchev–Trinajstić information content (AvgIpc) is 2.73. The fourth-order valence-electron chi connectivity index (χ4n) is 2.23. The number of nitrogens with zero attached hydrogens (tertiary/aromatic N) is 1. The van der Waals surface area contributed by atoms with Crippen LogP contribution in [-0.2, 0) is 4.79 Å². The molecule has 0 bridgehead atoms. The number of carbonyl (C=O) groups is 2. The van der Waals surface area contributed by atoms with Crippen LogP contribution in [0.4, 0.5) is 10.5 Å². The van der Waals surface area contributed by atoms with Crippen LogP contribution in [0.1, 0.15) is 20.3 Å². The van der Waals surface area contributed by atoms with Crippen molar-refractivity contribution in [3.05, 3.63) is 29.3 Å². The van der Waals surface area contributed by atoms with Gasteiger partial charge >= 0.3 is 6.03 Å². The minimum absolute atomic E-state index is 0.0723. The lowest BCUT2D eigenvalue weighted by Crippen LogP contribution is -2.40. The Balaban J connectivity index is 1.90. The summed E-state index contributed by atoms with van der Waals surface area (Å²) in [5, 5.41) is 5.96. The highest BCUT2D eigenvalue weighted by Gasteiger charge is 2.31. The van der Waals surface area contributed by atoms with E-state index in [1.807, 2.05) is 13.8 Å². The molecule has 0 saturated carbocycles. The van der Waals surface area contributed by atoms with Gasteiger partial charge in [-0.05, 0) is 26.0 Å². The Bertz CT molecular complexity index is 519. The second-order valence-electron chi connectivity index (χ2n) is 5.12. The number of likely N-dealkylation sites (tertiary alicyclic amines) is 1. The highest BCUT2D eigenvalue weighted by molar-refractivity contribution is 6.33. The summed E-state index contributed by atoms with van der Waals surface area (Å²) < 4.78 is 0. The second kappa shape index (κ2) is 6.13. The van der Waals surface area contributed by atoms with E-state index in [1.54, 1.807) is 29.2 Å². The van der Waals surface area contributed by atoms with E-state index in [0.717, 1.165) is 0 Å². The number of amides is 3. The topological polar surface area (TPSA) is 61.4 Å². The van der Waals surface area contributed by atoms with Gasteiger partial charge in [-0.15, -0.1) is 0 Å². The molecular formula is C14H18ClN3O2. The SMILES string of the molecule is CC(C)N1CC(NC(=O)Nc2ccccc2Cl)CC1=O. The van der Waals surface area contributed by atoms with Gasteiger partial charge in [-0.2, -0.15) is 0 Å². The summed E-state index contributed by atoms with van der Waals surface area (Å²) in [5.41, 5.74) is 0.553. The van der Waals surface area contributed by atoms with Gasteiger partial charge in [0, 0.05) is 19.0 Å². The third kappa shape index (κ3) is 3.42. The zero-order valence-corrected chi connectivity index (χ0v) is 12.3. The van der Waals surface area contributed by atoms with Crippen LogP contribution in [0.25, 0.3) is 0 Å². The monoisotopic (exact) mass is 295 g/mol. The van der Waals surface area contributed by atoms with Crippen molar-refractivity contribution in [2.24, 2.45) is 0 Å². The number of halogens is 1. The molecule has 1 fully saturated rings. The van der Waals surface area contributed by atoms with Gasteiger partial charge in [-0.3, -0.25) is 4.79 Å². The number of urea groups is 1. The molecule has 0 spiro atoms. The van der Waals surface area contributed by atoms with Gasteiger partial charge in [-0.25, -0.2) is 4.79 Å². The van der Waals surface area contributed by atoms with Crippen molar-refractivity contribution in [1.29, 1.82) is 0 Å². The zero-order chi connectivity index (χ0) is 14.7. The Kier molecular flexibility index (Phi) is 4.49. The maximum Gasteiger partial charge on any atom is 0.319 e. The van der Waals surface area contributed by atoms with Crippen LogP contribution in [0.3, 0.4) is 0 Å². The van der Waals surface area contributed by atoms with Crippen molar-refractivity contribution in [2.75, 3.05) is 11.9 Å². The van der Waals surface area contributed by atoms with Crippen LogP contribution >= 0.6 is 11.6 Å². The molecule has 3 amide bonds. The fraction of sp³-hybridized carbons (Fsp3) is 0.429. The number of hydrogen-bond donors (Lipinski definition) is 2. The average molecular weight is 296 g/mol. The van der Waals surface area contributed by atoms with Crippen LogP contribution in [0.5, 0.6) is 0 Å². The summed E-state index contributed by atoms with van der Waals surface area (Å²) in [4.78, 5) is 25.4. The Morgan fingerprint density at radius 3 is 2.70 bits per heavy atom. The minimum Gasteiger partial charge on any atom is -0.338 e. The number of rotatable bonds is 3. The van der Waals surface area contributed by atoms with E-state index in [4.69, 9.17) is 11.6 Å². The molecule has 1 aromatic rings. The van der Waals surface area contributed by atoms with Crippen molar-refractivity contribution >= 4 is 29.2 Å². The first-order chi connectivity index (χ1) is 9.47. The van der Waals surface area contributed by atoms with E-state index in [9.17, 15) is 9.59 Å². The Labute approximate surface area is 123 Å². The quantitative estimate of drug-likeness (QED) is 0.900. The highest BCUT2D eigenvalue weighted by atomic mass is 35.5. The number of para-hydroxylation sites is 1. The Morgan fingerprint density at radius 1 is 1.40 bits per heavy atom. The molecule has 1 aliphatic rings. The summed E-state index contributed by atoms with van der Waals surface area (Å²) in [6, 6.07) is 6.66. The van der Waals surface area contributed by atoms with E-state index in [2.05, 4.69) is 10.6 Å². The van der Waals surface area contributed by atoms with Gasteiger partial charge in [0.2, 0.25) is 5.91 Å². The molecule has 2 N–H and O–H groups in total. The van der Waals surface area contributed by atoms with Gasteiger partial charge in [-0.1, -0.05) is 23.7 Å². The first-order valence-corrected chi connectivity index (χ1v) is 6.96. The maximum absolute atomic E-state index is 11.9. The number of anilines is 1. The van der Waals surface area contributed by atoms with Crippen molar-refractivity contribution < 1.29 is 9.59 Å². The highest BCUT2D eigenvalue weighted by Crippen LogP contribution is 2.20. The molecule has 1 aromatic carbocycles. The van der Waals surface area contributed by atoms with Crippen LogP contribution in [0, 0.1) is 0 Å². The molecule has 1 heterocycles. The molecule has 0 aliphatic carbocycles. The third-order valence-corrected chi connectivity index (χ3v) is 3.57. The smallest absolute Gasteiger partial charge is 0.319 e. The van der Waals surface area contributed by atoms with E-state index in [0.29, 0.717) is 23.7 Å². The van der Waals surface area contributed by atoms with Gasteiger partial charge in [0.25, 0.3) is 0 Å². The molecule has 0 aromatic heterocycles. The van der Waals surface area contributed by atoms with E-state index < -0.39 is 0 Å². The first-order valence-electron chi connectivity index (χ1n) is 6.59. The number of nitrogens with one attached hydrogen (secondary N) is 2. The predicted molar refractivity (Wildman–Crippen MR) is 78.9 cm³/mol. The summed E-state index contributed by atoms with van der Waals surface area (Å²) in [6.07, 6.45) is 0.341. The normalized spacial score (nSPS) is 18.5. The summed E-state index contributed by atoms with van der Waals surface area (Å²) in [7, 11) is 0. The zero-order valence-electron chi connectivity index (χ0n) is 11.5. The molecule has 1 atom stereocenters. The van der Waals surface area contributed by atoms with E-state index in [1.165, 1.54) is 0 Å². The lowest BCUT2D eigenvalue weighted by molar-refractivity contribution is -0.129. The summed E-state index contributed by atoms with van der Waals surface area (Å²) in [6.45, 7) is 4.47. The van der Waals surface area contributed by atoms with Crippen molar-refractivity contribution in [2.45, 2.75) is 32.4 Å². The molecule has 1 saturated heterocycles. The molecule has 5 nitrogen and oxygen atoms in total.